The van der Waals surface area contributed by atoms with E-state index in [4.69, 9.17) is 26.8 Å². The van der Waals surface area contributed by atoms with E-state index in [2.05, 4.69) is 4.72 Å². The number of hydrogen-bond acceptors (Lipinski definition) is 5. The normalized spacial score (nSPS) is 18.1. The highest BCUT2D eigenvalue weighted by Crippen LogP contribution is 2.30. The molecule has 7 nitrogen and oxygen atoms in total. The van der Waals surface area contributed by atoms with Gasteiger partial charge in [0.25, 0.3) is 5.91 Å². The molecular formula is C14H19ClN2O5S. The van der Waals surface area contributed by atoms with Gasteiger partial charge < -0.3 is 15.2 Å². The topological polar surface area (TPSA) is 108 Å². The standard InChI is InChI=1S/C14H19ClN2O5S/c1-9-5-11(15)13(6-12(9)22-8-14(16)18)23(19,20)17-7-10-3-2-4-21-10/h5-6,10,17H,2-4,7-8H2,1H3,(H2,16,18)/t10-/m0/s1. The molecule has 1 aliphatic rings. The summed E-state index contributed by atoms with van der Waals surface area (Å²) in [7, 11) is -3.81. The Morgan fingerprint density at radius 1 is 1.52 bits per heavy atom. The number of halogens is 1. The van der Waals surface area contributed by atoms with Gasteiger partial charge >= 0.3 is 0 Å². The van der Waals surface area contributed by atoms with E-state index in [0.717, 1.165) is 12.8 Å². The van der Waals surface area contributed by atoms with Crippen LogP contribution in [0.1, 0.15) is 18.4 Å². The summed E-state index contributed by atoms with van der Waals surface area (Å²) in [4.78, 5) is 10.7. The highest BCUT2D eigenvalue weighted by Gasteiger charge is 2.23. The van der Waals surface area contributed by atoms with E-state index in [1.54, 1.807) is 6.92 Å². The molecule has 9 heteroatoms. The molecule has 0 aliphatic carbocycles. The van der Waals surface area contributed by atoms with E-state index in [-0.39, 0.29) is 34.9 Å². The lowest BCUT2D eigenvalue weighted by molar-refractivity contribution is -0.119. The van der Waals surface area contributed by atoms with Crippen molar-refractivity contribution in [2.45, 2.75) is 30.8 Å². The van der Waals surface area contributed by atoms with Crippen LogP contribution < -0.4 is 15.2 Å². The second-order valence-electron chi connectivity index (χ2n) is 5.29. The Bertz CT molecular complexity index is 687. The third-order valence-corrected chi connectivity index (χ3v) is 5.30. The van der Waals surface area contributed by atoms with Gasteiger partial charge in [-0.3, -0.25) is 4.79 Å². The molecule has 3 N–H and O–H groups in total. The molecule has 1 amide bonds. The van der Waals surface area contributed by atoms with Crippen molar-refractivity contribution in [2.75, 3.05) is 19.8 Å². The van der Waals surface area contributed by atoms with Gasteiger partial charge in [0.1, 0.15) is 10.6 Å². The first-order valence-corrected chi connectivity index (χ1v) is 8.98. The van der Waals surface area contributed by atoms with Crippen molar-refractivity contribution in [3.63, 3.8) is 0 Å². The monoisotopic (exact) mass is 362 g/mol. The fourth-order valence-electron chi connectivity index (χ4n) is 2.23. The summed E-state index contributed by atoms with van der Waals surface area (Å²) < 4.78 is 37.9. The molecule has 0 radical (unpaired) electrons. The summed E-state index contributed by atoms with van der Waals surface area (Å²) in [5.74, 6) is -0.411. The van der Waals surface area contributed by atoms with Gasteiger partial charge in [-0.05, 0) is 31.4 Å². The van der Waals surface area contributed by atoms with E-state index in [1.807, 2.05) is 0 Å². The largest absolute Gasteiger partial charge is 0.483 e. The number of sulfonamides is 1. The van der Waals surface area contributed by atoms with Crippen LogP contribution in [0.25, 0.3) is 0 Å². The van der Waals surface area contributed by atoms with Gasteiger partial charge in [0.05, 0.1) is 11.1 Å². The van der Waals surface area contributed by atoms with Gasteiger partial charge in [-0.2, -0.15) is 0 Å². The fourth-order valence-corrected chi connectivity index (χ4v) is 3.89. The number of carbonyl (C=O) groups is 1. The number of carbonyl (C=O) groups excluding carboxylic acids is 1. The van der Waals surface area contributed by atoms with Crippen molar-refractivity contribution in [3.05, 3.63) is 22.7 Å². The second-order valence-corrected chi connectivity index (χ2v) is 7.43. The maximum Gasteiger partial charge on any atom is 0.255 e. The molecule has 0 saturated carbocycles. The third kappa shape index (κ3) is 4.81. The van der Waals surface area contributed by atoms with Gasteiger partial charge in [-0.1, -0.05) is 11.6 Å². The Kier molecular flexibility index (Phi) is 5.85. The fraction of sp³-hybridized carbons (Fsp3) is 0.500. The zero-order valence-corrected chi connectivity index (χ0v) is 14.2. The second kappa shape index (κ2) is 7.48. The van der Waals surface area contributed by atoms with Crippen molar-refractivity contribution >= 4 is 27.5 Å². The molecule has 0 bridgehead atoms. The predicted octanol–water partition coefficient (Wildman–Crippen LogP) is 0.970. The van der Waals surface area contributed by atoms with Crippen LogP contribution in [-0.2, 0) is 19.6 Å². The first-order chi connectivity index (χ1) is 10.8. The van der Waals surface area contributed by atoms with E-state index in [0.29, 0.717) is 12.2 Å². The van der Waals surface area contributed by atoms with E-state index in [9.17, 15) is 13.2 Å². The van der Waals surface area contributed by atoms with Crippen molar-refractivity contribution in [3.8, 4) is 5.75 Å². The quantitative estimate of drug-likeness (QED) is 0.751. The zero-order chi connectivity index (χ0) is 17.0. The lowest BCUT2D eigenvalue weighted by Crippen LogP contribution is -2.32. The van der Waals surface area contributed by atoms with Crippen molar-refractivity contribution in [2.24, 2.45) is 5.73 Å². The first kappa shape index (κ1) is 18.0. The SMILES string of the molecule is Cc1cc(Cl)c(S(=O)(=O)NC[C@@H]2CCCO2)cc1OCC(N)=O. The van der Waals surface area contributed by atoms with Crippen molar-refractivity contribution in [1.82, 2.24) is 4.72 Å². The Labute approximate surface area is 140 Å². The lowest BCUT2D eigenvalue weighted by Gasteiger charge is -2.14. The molecule has 1 fully saturated rings. The molecule has 0 aromatic heterocycles. The maximum absolute atomic E-state index is 12.4. The number of ether oxygens (including phenoxy) is 2. The van der Waals surface area contributed by atoms with E-state index < -0.39 is 15.9 Å². The van der Waals surface area contributed by atoms with Crippen LogP contribution in [0, 0.1) is 6.92 Å². The first-order valence-electron chi connectivity index (χ1n) is 7.12. The summed E-state index contributed by atoms with van der Waals surface area (Å²) in [6, 6.07) is 2.76. The van der Waals surface area contributed by atoms with E-state index in [1.165, 1.54) is 12.1 Å². The van der Waals surface area contributed by atoms with Gasteiger partial charge in [0.2, 0.25) is 10.0 Å². The number of nitrogens with two attached hydrogens (primary N) is 1. The number of aryl methyl sites for hydroxylation is 1. The molecule has 1 aromatic rings. The Morgan fingerprint density at radius 2 is 2.26 bits per heavy atom. The minimum atomic E-state index is -3.81. The average Bonchev–Trinajstić information content (AvgIpc) is 2.97. The molecule has 0 spiro atoms. The minimum absolute atomic E-state index is 0.0776. The van der Waals surface area contributed by atoms with Crippen molar-refractivity contribution < 1.29 is 22.7 Å². The number of benzene rings is 1. The minimum Gasteiger partial charge on any atom is -0.483 e. The highest BCUT2D eigenvalue weighted by atomic mass is 35.5. The third-order valence-electron chi connectivity index (χ3n) is 3.41. The van der Waals surface area contributed by atoms with Gasteiger partial charge in [-0.25, -0.2) is 13.1 Å². The number of hydrogen-bond donors (Lipinski definition) is 2. The summed E-state index contributed by atoms with van der Waals surface area (Å²) in [5.41, 5.74) is 5.63. The summed E-state index contributed by atoms with van der Waals surface area (Å²) in [5, 5.41) is 0.0776. The molecule has 23 heavy (non-hydrogen) atoms. The summed E-state index contributed by atoms with van der Waals surface area (Å²) in [6.07, 6.45) is 1.61. The molecule has 0 unspecified atom stereocenters. The molecular weight excluding hydrogens is 344 g/mol. The zero-order valence-electron chi connectivity index (χ0n) is 12.7. The molecule has 128 valence electrons. The molecule has 1 atom stereocenters. The Hall–Kier alpha value is -1.35. The molecule has 1 saturated heterocycles. The Morgan fingerprint density at radius 3 is 2.87 bits per heavy atom. The highest BCUT2D eigenvalue weighted by molar-refractivity contribution is 7.89. The number of amides is 1. The molecule has 2 rings (SSSR count). The van der Waals surface area contributed by atoms with Gasteiger partial charge in [-0.15, -0.1) is 0 Å². The molecule has 1 aliphatic heterocycles. The van der Waals surface area contributed by atoms with Crippen LogP contribution in [0.3, 0.4) is 0 Å². The van der Waals surface area contributed by atoms with Gasteiger partial charge in [0.15, 0.2) is 6.61 Å². The number of primary amides is 1. The van der Waals surface area contributed by atoms with Crippen molar-refractivity contribution in [1.29, 1.82) is 0 Å². The maximum atomic E-state index is 12.4. The smallest absolute Gasteiger partial charge is 0.255 e. The van der Waals surface area contributed by atoms with Crippen LogP contribution >= 0.6 is 11.6 Å². The van der Waals surface area contributed by atoms with Crippen LogP contribution in [0.2, 0.25) is 5.02 Å². The summed E-state index contributed by atoms with van der Waals surface area (Å²) >= 11 is 6.05. The average molecular weight is 363 g/mol. The van der Waals surface area contributed by atoms with Crippen LogP contribution in [0.15, 0.2) is 17.0 Å². The molecule has 1 heterocycles. The summed E-state index contributed by atoms with van der Waals surface area (Å²) in [6.45, 7) is 2.18. The van der Waals surface area contributed by atoms with Crippen LogP contribution in [0.5, 0.6) is 5.75 Å². The van der Waals surface area contributed by atoms with Gasteiger partial charge in [0, 0.05) is 19.2 Å². The van der Waals surface area contributed by atoms with Crippen LogP contribution in [0.4, 0.5) is 0 Å². The number of nitrogens with one attached hydrogen (secondary N) is 1. The number of rotatable bonds is 7. The van der Waals surface area contributed by atoms with Crippen LogP contribution in [-0.4, -0.2) is 40.2 Å². The predicted molar refractivity (Wildman–Crippen MR) is 85.0 cm³/mol. The Balaban J connectivity index is 2.18. The lowest BCUT2D eigenvalue weighted by atomic mass is 10.2. The molecule has 1 aromatic carbocycles. The van der Waals surface area contributed by atoms with E-state index >= 15 is 0 Å².